The van der Waals surface area contributed by atoms with Gasteiger partial charge in [0.25, 0.3) is 0 Å². The minimum absolute atomic E-state index is 0. The third-order valence-corrected chi connectivity index (χ3v) is 2.71. The third kappa shape index (κ3) is 3.45. The summed E-state index contributed by atoms with van der Waals surface area (Å²) >= 11 is 0. The van der Waals surface area contributed by atoms with Gasteiger partial charge in [0.2, 0.25) is 5.95 Å². The van der Waals surface area contributed by atoms with Crippen molar-refractivity contribution in [3.8, 4) is 5.75 Å². The first kappa shape index (κ1) is 13.8. The minimum Gasteiger partial charge on any atom is -0.489 e. The van der Waals surface area contributed by atoms with Gasteiger partial charge >= 0.3 is 0 Å². The lowest BCUT2D eigenvalue weighted by molar-refractivity contribution is 0.363. The first-order valence-corrected chi connectivity index (χ1v) is 6.30. The monoisotopic (exact) mass is 269 g/mol. The predicted octanol–water partition coefficient (Wildman–Crippen LogP) is 3.98. The molecule has 0 spiro atoms. The van der Waals surface area contributed by atoms with Crippen LogP contribution in [0.25, 0.3) is 6.08 Å². The highest BCUT2D eigenvalue weighted by molar-refractivity contribution is 5.61. The SMILES string of the molecule is C=CCOc1ccc(C)c(Nc2nccc(C=C)n2)c1.[HH]. The molecule has 0 aliphatic carbocycles. The van der Waals surface area contributed by atoms with E-state index in [2.05, 4.69) is 28.4 Å². The fraction of sp³-hybridized carbons (Fsp3) is 0.125. The molecule has 4 nitrogen and oxygen atoms in total. The molecule has 0 aliphatic heterocycles. The molecule has 0 saturated carbocycles. The summed E-state index contributed by atoms with van der Waals surface area (Å²) in [4.78, 5) is 8.51. The van der Waals surface area contributed by atoms with Crippen molar-refractivity contribution in [2.45, 2.75) is 6.92 Å². The van der Waals surface area contributed by atoms with Gasteiger partial charge < -0.3 is 10.1 Å². The van der Waals surface area contributed by atoms with E-state index in [-0.39, 0.29) is 1.43 Å². The van der Waals surface area contributed by atoms with E-state index in [4.69, 9.17) is 4.74 Å². The van der Waals surface area contributed by atoms with E-state index >= 15 is 0 Å². The average molecular weight is 269 g/mol. The molecule has 2 aromatic rings. The van der Waals surface area contributed by atoms with Crippen LogP contribution >= 0.6 is 0 Å². The van der Waals surface area contributed by atoms with E-state index in [1.807, 2.05) is 25.1 Å². The predicted molar refractivity (Wildman–Crippen MR) is 84.4 cm³/mol. The molecule has 0 radical (unpaired) electrons. The summed E-state index contributed by atoms with van der Waals surface area (Å²) in [7, 11) is 0. The molecule has 0 aliphatic rings. The normalized spacial score (nSPS) is 9.85. The number of hydrogen-bond donors (Lipinski definition) is 1. The van der Waals surface area contributed by atoms with Gasteiger partial charge in [0.1, 0.15) is 12.4 Å². The Morgan fingerprint density at radius 3 is 2.95 bits per heavy atom. The summed E-state index contributed by atoms with van der Waals surface area (Å²) in [5.41, 5.74) is 2.77. The van der Waals surface area contributed by atoms with Crippen molar-refractivity contribution in [1.82, 2.24) is 9.97 Å². The van der Waals surface area contributed by atoms with Crippen LogP contribution in [0.3, 0.4) is 0 Å². The molecule has 0 fully saturated rings. The van der Waals surface area contributed by atoms with Gasteiger partial charge in [-0.2, -0.15) is 0 Å². The number of hydrogen-bond acceptors (Lipinski definition) is 4. The van der Waals surface area contributed by atoms with Crippen molar-refractivity contribution in [1.29, 1.82) is 0 Å². The van der Waals surface area contributed by atoms with Crippen LogP contribution in [-0.2, 0) is 0 Å². The second-order valence-electron chi connectivity index (χ2n) is 4.21. The first-order chi connectivity index (χ1) is 9.72. The number of benzene rings is 1. The Morgan fingerprint density at radius 2 is 2.20 bits per heavy atom. The topological polar surface area (TPSA) is 47.0 Å². The Balaban J connectivity index is 0.00000220. The molecule has 1 N–H and O–H groups in total. The maximum absolute atomic E-state index is 5.52. The number of nitrogens with zero attached hydrogens (tertiary/aromatic N) is 2. The van der Waals surface area contributed by atoms with Crippen LogP contribution in [0.4, 0.5) is 11.6 Å². The van der Waals surface area contributed by atoms with Crippen molar-refractivity contribution in [2.24, 2.45) is 0 Å². The van der Waals surface area contributed by atoms with Crippen LogP contribution in [0.5, 0.6) is 5.75 Å². The third-order valence-electron chi connectivity index (χ3n) is 2.71. The van der Waals surface area contributed by atoms with Crippen LogP contribution < -0.4 is 10.1 Å². The van der Waals surface area contributed by atoms with Crippen LogP contribution in [-0.4, -0.2) is 16.6 Å². The Kier molecular flexibility index (Phi) is 4.50. The molecule has 2 rings (SSSR count). The Bertz CT molecular complexity index is 629. The van der Waals surface area contributed by atoms with Crippen LogP contribution in [0.1, 0.15) is 12.7 Å². The van der Waals surface area contributed by atoms with Gasteiger partial charge in [-0.15, -0.1) is 0 Å². The number of aryl methyl sites for hydroxylation is 1. The highest BCUT2D eigenvalue weighted by Crippen LogP contribution is 2.24. The maximum Gasteiger partial charge on any atom is 0.227 e. The lowest BCUT2D eigenvalue weighted by Crippen LogP contribution is -2.00. The van der Waals surface area contributed by atoms with Crippen molar-refractivity contribution in [3.05, 3.63) is 61.0 Å². The van der Waals surface area contributed by atoms with E-state index in [0.29, 0.717) is 12.6 Å². The maximum atomic E-state index is 5.52. The molecule has 4 heteroatoms. The summed E-state index contributed by atoms with van der Waals surface area (Å²) in [6.45, 7) is 9.82. The fourth-order valence-corrected chi connectivity index (χ4v) is 1.65. The van der Waals surface area contributed by atoms with E-state index in [1.165, 1.54) is 0 Å². The summed E-state index contributed by atoms with van der Waals surface area (Å²) in [5.74, 6) is 1.31. The number of ether oxygens (including phenoxy) is 1. The van der Waals surface area contributed by atoms with Gasteiger partial charge in [-0.1, -0.05) is 25.3 Å². The van der Waals surface area contributed by atoms with E-state index in [0.717, 1.165) is 22.7 Å². The fourth-order valence-electron chi connectivity index (χ4n) is 1.65. The molecule has 0 saturated heterocycles. The number of rotatable bonds is 6. The molecule has 20 heavy (non-hydrogen) atoms. The summed E-state index contributed by atoms with van der Waals surface area (Å²) in [6.07, 6.45) is 5.09. The van der Waals surface area contributed by atoms with E-state index < -0.39 is 0 Å². The van der Waals surface area contributed by atoms with Crippen LogP contribution in [0, 0.1) is 6.92 Å². The number of anilines is 2. The van der Waals surface area contributed by atoms with Gasteiger partial charge in [0.15, 0.2) is 0 Å². The summed E-state index contributed by atoms with van der Waals surface area (Å²) in [5, 5.41) is 3.19. The Morgan fingerprint density at radius 1 is 1.35 bits per heavy atom. The molecule has 0 atom stereocenters. The zero-order valence-corrected chi connectivity index (χ0v) is 11.5. The molecule has 1 aromatic heterocycles. The van der Waals surface area contributed by atoms with E-state index in [9.17, 15) is 0 Å². The zero-order chi connectivity index (χ0) is 14.4. The standard InChI is InChI=1S/C16H17N3O.H2/c1-4-10-20-14-7-6-12(3)15(11-14)19-16-17-9-8-13(5-2)18-16;/h4-9,11H,1-2,10H2,3H3,(H,17,18,19);1H. The zero-order valence-electron chi connectivity index (χ0n) is 11.5. The summed E-state index contributed by atoms with van der Waals surface area (Å²) < 4.78 is 5.52. The average Bonchev–Trinajstić information content (AvgIpc) is 2.48. The lowest BCUT2D eigenvalue weighted by Gasteiger charge is -2.11. The van der Waals surface area contributed by atoms with Gasteiger partial charge in [-0.3, -0.25) is 0 Å². The lowest BCUT2D eigenvalue weighted by atomic mass is 10.2. The van der Waals surface area contributed by atoms with Gasteiger partial charge in [0, 0.05) is 19.4 Å². The molecule has 0 bridgehead atoms. The van der Waals surface area contributed by atoms with Crippen LogP contribution in [0.2, 0.25) is 0 Å². The first-order valence-electron chi connectivity index (χ1n) is 6.30. The van der Waals surface area contributed by atoms with Crippen molar-refractivity contribution in [2.75, 3.05) is 11.9 Å². The Hall–Kier alpha value is -2.62. The van der Waals surface area contributed by atoms with Gasteiger partial charge in [0.05, 0.1) is 5.69 Å². The van der Waals surface area contributed by atoms with Crippen molar-refractivity contribution < 1.29 is 6.16 Å². The second-order valence-corrected chi connectivity index (χ2v) is 4.21. The highest BCUT2D eigenvalue weighted by Gasteiger charge is 2.04. The molecule has 1 aromatic carbocycles. The van der Waals surface area contributed by atoms with Gasteiger partial charge in [-0.05, 0) is 30.7 Å². The highest BCUT2D eigenvalue weighted by atomic mass is 16.5. The van der Waals surface area contributed by atoms with Crippen molar-refractivity contribution >= 4 is 17.7 Å². The largest absolute Gasteiger partial charge is 0.489 e. The molecule has 1 heterocycles. The molecule has 0 amide bonds. The molecule has 104 valence electrons. The number of aromatic nitrogens is 2. The Labute approximate surface area is 120 Å². The number of nitrogens with one attached hydrogen (secondary N) is 1. The minimum atomic E-state index is 0. The van der Waals surface area contributed by atoms with E-state index in [1.54, 1.807) is 24.4 Å². The molecule has 0 unspecified atom stereocenters. The molecular formula is C16H19N3O. The smallest absolute Gasteiger partial charge is 0.227 e. The van der Waals surface area contributed by atoms with Crippen LogP contribution in [0.15, 0.2) is 49.7 Å². The summed E-state index contributed by atoms with van der Waals surface area (Å²) in [6, 6.07) is 7.63. The second kappa shape index (κ2) is 6.52. The molecular weight excluding hydrogens is 250 g/mol. The quantitative estimate of drug-likeness (QED) is 0.806. The van der Waals surface area contributed by atoms with Gasteiger partial charge in [-0.25, -0.2) is 9.97 Å². The van der Waals surface area contributed by atoms with Crippen molar-refractivity contribution in [3.63, 3.8) is 0 Å².